The molecule has 1 aliphatic rings. The largest absolute Gasteiger partial charge is 0.286 e. The third-order valence-corrected chi connectivity index (χ3v) is 2.52. The van der Waals surface area contributed by atoms with Crippen molar-refractivity contribution in [1.82, 2.24) is 0 Å². The van der Waals surface area contributed by atoms with Crippen LogP contribution in [0, 0.1) is 0 Å². The molecular formula is C11H19N. The highest BCUT2D eigenvalue weighted by Gasteiger charge is 2.11. The first kappa shape index (κ1) is 9.50. The van der Waals surface area contributed by atoms with E-state index in [4.69, 9.17) is 0 Å². The molecule has 0 aliphatic heterocycles. The summed E-state index contributed by atoms with van der Waals surface area (Å²) in [5.41, 5.74) is 1.18. The first-order chi connectivity index (χ1) is 5.86. The lowest BCUT2D eigenvalue weighted by molar-refractivity contribution is 0.443. The molecule has 0 amide bonds. The smallest absolute Gasteiger partial charge is 0.0502 e. The number of aliphatic imine (C=N–C) groups is 1. The van der Waals surface area contributed by atoms with Crippen LogP contribution < -0.4 is 0 Å². The Bertz CT molecular complexity index is 164. The molecule has 0 atom stereocenters. The van der Waals surface area contributed by atoms with E-state index in [0.717, 1.165) is 6.42 Å². The summed E-state index contributed by atoms with van der Waals surface area (Å²) in [6.45, 7) is 5.91. The Balaban J connectivity index is 2.45. The van der Waals surface area contributed by atoms with Gasteiger partial charge in [0.05, 0.1) is 6.04 Å². The van der Waals surface area contributed by atoms with Gasteiger partial charge in [-0.2, -0.15) is 0 Å². The molecule has 0 unspecified atom stereocenters. The molecule has 0 aromatic rings. The molecule has 0 spiro atoms. The average Bonchev–Trinajstić information content (AvgIpc) is 2.16. The minimum Gasteiger partial charge on any atom is -0.286 e. The van der Waals surface area contributed by atoms with Crippen LogP contribution in [-0.2, 0) is 0 Å². The summed E-state index contributed by atoms with van der Waals surface area (Å²) in [6, 6.07) is 0.603. The van der Waals surface area contributed by atoms with Crippen molar-refractivity contribution < 1.29 is 0 Å². The molecule has 0 radical (unpaired) electrons. The molecule has 68 valence electrons. The normalized spacial score (nSPS) is 20.9. The van der Waals surface area contributed by atoms with Gasteiger partial charge in [-0.25, -0.2) is 0 Å². The quantitative estimate of drug-likeness (QED) is 0.569. The highest BCUT2D eigenvalue weighted by atomic mass is 14.8. The van der Waals surface area contributed by atoms with Crippen LogP contribution in [0.4, 0.5) is 0 Å². The highest BCUT2D eigenvalue weighted by molar-refractivity contribution is 5.94. The topological polar surface area (TPSA) is 12.4 Å². The molecular weight excluding hydrogens is 146 g/mol. The number of hydrogen-bond donors (Lipinski definition) is 0. The van der Waals surface area contributed by atoms with Crippen LogP contribution in [0.2, 0.25) is 0 Å². The first-order valence-corrected chi connectivity index (χ1v) is 5.06. The van der Waals surface area contributed by atoms with E-state index in [1.807, 2.05) is 6.08 Å². The van der Waals surface area contributed by atoms with E-state index in [9.17, 15) is 0 Å². The standard InChI is InChI=1S/C11H19N/c1-3-10(4-2)12-11-8-6-5-7-9-11/h3,11H,1,4-9H2,2H3. The number of allylic oxidation sites excluding steroid dienone is 1. The van der Waals surface area contributed by atoms with Crippen molar-refractivity contribution in [2.75, 3.05) is 0 Å². The van der Waals surface area contributed by atoms with Crippen LogP contribution in [0.5, 0.6) is 0 Å². The zero-order chi connectivity index (χ0) is 8.81. The third-order valence-electron chi connectivity index (χ3n) is 2.52. The van der Waals surface area contributed by atoms with Gasteiger partial charge in [0.1, 0.15) is 0 Å². The first-order valence-electron chi connectivity index (χ1n) is 5.06. The van der Waals surface area contributed by atoms with Gasteiger partial charge in [-0.05, 0) is 25.3 Å². The van der Waals surface area contributed by atoms with Crippen molar-refractivity contribution in [3.05, 3.63) is 12.7 Å². The van der Waals surface area contributed by atoms with Gasteiger partial charge in [0.15, 0.2) is 0 Å². The lowest BCUT2D eigenvalue weighted by Gasteiger charge is -2.18. The van der Waals surface area contributed by atoms with Gasteiger partial charge in [-0.15, -0.1) is 0 Å². The number of hydrogen-bond acceptors (Lipinski definition) is 1. The summed E-state index contributed by atoms with van der Waals surface area (Å²) >= 11 is 0. The molecule has 12 heavy (non-hydrogen) atoms. The molecule has 0 aromatic heterocycles. The van der Waals surface area contributed by atoms with Crippen molar-refractivity contribution in [3.8, 4) is 0 Å². The van der Waals surface area contributed by atoms with Crippen LogP contribution in [0.25, 0.3) is 0 Å². The Morgan fingerprint density at radius 2 is 2.08 bits per heavy atom. The van der Waals surface area contributed by atoms with Gasteiger partial charge < -0.3 is 0 Å². The minimum atomic E-state index is 0.603. The van der Waals surface area contributed by atoms with E-state index in [-0.39, 0.29) is 0 Å². The van der Waals surface area contributed by atoms with E-state index in [1.165, 1.54) is 37.8 Å². The molecule has 0 heterocycles. The maximum atomic E-state index is 4.67. The SMILES string of the molecule is C=CC(CC)=NC1CCCCC1. The van der Waals surface area contributed by atoms with Gasteiger partial charge in [-0.1, -0.05) is 32.8 Å². The number of rotatable bonds is 3. The van der Waals surface area contributed by atoms with E-state index in [0.29, 0.717) is 6.04 Å². The molecule has 0 bridgehead atoms. The van der Waals surface area contributed by atoms with Crippen molar-refractivity contribution in [1.29, 1.82) is 0 Å². The third kappa shape index (κ3) is 2.80. The van der Waals surface area contributed by atoms with Gasteiger partial charge >= 0.3 is 0 Å². The van der Waals surface area contributed by atoms with Crippen LogP contribution in [-0.4, -0.2) is 11.8 Å². The number of nitrogens with zero attached hydrogens (tertiary/aromatic N) is 1. The predicted molar refractivity (Wildman–Crippen MR) is 54.8 cm³/mol. The molecule has 0 aromatic carbocycles. The second-order valence-electron chi connectivity index (χ2n) is 3.47. The molecule has 1 heteroatoms. The summed E-state index contributed by atoms with van der Waals surface area (Å²) in [5, 5.41) is 0. The second-order valence-corrected chi connectivity index (χ2v) is 3.47. The van der Waals surface area contributed by atoms with Gasteiger partial charge in [0.25, 0.3) is 0 Å². The zero-order valence-electron chi connectivity index (χ0n) is 8.05. The van der Waals surface area contributed by atoms with Crippen LogP contribution in [0.3, 0.4) is 0 Å². The van der Waals surface area contributed by atoms with Crippen molar-refractivity contribution in [2.24, 2.45) is 4.99 Å². The van der Waals surface area contributed by atoms with Gasteiger partial charge in [0.2, 0.25) is 0 Å². The average molecular weight is 165 g/mol. The summed E-state index contributed by atoms with van der Waals surface area (Å²) in [6.07, 6.45) is 9.63. The van der Waals surface area contributed by atoms with Crippen LogP contribution in [0.1, 0.15) is 45.4 Å². The maximum Gasteiger partial charge on any atom is 0.0502 e. The maximum absolute atomic E-state index is 4.67. The molecule has 1 saturated carbocycles. The molecule has 0 N–H and O–H groups in total. The van der Waals surface area contributed by atoms with E-state index < -0.39 is 0 Å². The Morgan fingerprint density at radius 3 is 2.58 bits per heavy atom. The lowest BCUT2D eigenvalue weighted by Crippen LogP contribution is -2.11. The molecule has 0 saturated heterocycles. The summed E-state index contributed by atoms with van der Waals surface area (Å²) in [4.78, 5) is 4.67. The van der Waals surface area contributed by atoms with Gasteiger partial charge in [-0.3, -0.25) is 4.99 Å². The Morgan fingerprint density at radius 1 is 1.42 bits per heavy atom. The van der Waals surface area contributed by atoms with Crippen LogP contribution >= 0.6 is 0 Å². The Kier molecular flexibility index (Phi) is 4.06. The lowest BCUT2D eigenvalue weighted by atomic mass is 9.96. The summed E-state index contributed by atoms with van der Waals surface area (Å²) in [7, 11) is 0. The van der Waals surface area contributed by atoms with Crippen molar-refractivity contribution in [2.45, 2.75) is 51.5 Å². The van der Waals surface area contributed by atoms with Crippen LogP contribution in [0.15, 0.2) is 17.6 Å². The predicted octanol–water partition coefficient (Wildman–Crippen LogP) is 3.36. The fourth-order valence-corrected chi connectivity index (χ4v) is 1.73. The second kappa shape index (κ2) is 5.13. The zero-order valence-corrected chi connectivity index (χ0v) is 8.05. The van der Waals surface area contributed by atoms with E-state index in [2.05, 4.69) is 18.5 Å². The van der Waals surface area contributed by atoms with Crippen molar-refractivity contribution >= 4 is 5.71 Å². The van der Waals surface area contributed by atoms with Gasteiger partial charge in [0, 0.05) is 5.71 Å². The Hall–Kier alpha value is -0.590. The fraction of sp³-hybridized carbons (Fsp3) is 0.727. The van der Waals surface area contributed by atoms with E-state index in [1.54, 1.807) is 0 Å². The molecule has 1 rings (SSSR count). The molecule has 1 aliphatic carbocycles. The highest BCUT2D eigenvalue weighted by Crippen LogP contribution is 2.20. The monoisotopic (exact) mass is 165 g/mol. The minimum absolute atomic E-state index is 0.603. The molecule has 1 nitrogen and oxygen atoms in total. The fourth-order valence-electron chi connectivity index (χ4n) is 1.73. The Labute approximate surface area is 75.6 Å². The van der Waals surface area contributed by atoms with E-state index >= 15 is 0 Å². The summed E-state index contributed by atoms with van der Waals surface area (Å²) in [5.74, 6) is 0. The van der Waals surface area contributed by atoms with Crippen molar-refractivity contribution in [3.63, 3.8) is 0 Å². The summed E-state index contributed by atoms with van der Waals surface area (Å²) < 4.78 is 0. The molecule has 1 fully saturated rings.